The standard InChI is InChI=1S/C26H40N6O/c1-5-14-28-26(30(16-6-2)17-7-3)31-18-12-23(13-19-31)29(4)25(33)22-8-10-24(11-9-22)32-20-15-27-21-32/h8-11,15,20-21,23H,5-7,12-14,16-19H2,1-4H3/b28-26+. The lowest BCUT2D eigenvalue weighted by molar-refractivity contribution is 0.0672. The molecule has 3 rings (SSSR count). The molecule has 1 aromatic heterocycles. The minimum atomic E-state index is 0.0871. The van der Waals surface area contributed by atoms with Crippen molar-refractivity contribution < 1.29 is 4.79 Å². The van der Waals surface area contributed by atoms with Gasteiger partial charge in [-0.05, 0) is 56.4 Å². The topological polar surface area (TPSA) is 57.0 Å². The smallest absolute Gasteiger partial charge is 0.253 e. The lowest BCUT2D eigenvalue weighted by Crippen LogP contribution is -2.52. The number of benzene rings is 1. The molecule has 0 unspecified atom stereocenters. The van der Waals surface area contributed by atoms with E-state index in [1.807, 2.05) is 47.0 Å². The van der Waals surface area contributed by atoms with Gasteiger partial charge in [0, 0.05) is 69.5 Å². The summed E-state index contributed by atoms with van der Waals surface area (Å²) < 4.78 is 1.94. The van der Waals surface area contributed by atoms with E-state index in [9.17, 15) is 4.79 Å². The van der Waals surface area contributed by atoms with E-state index >= 15 is 0 Å². The summed E-state index contributed by atoms with van der Waals surface area (Å²) in [7, 11) is 1.94. The van der Waals surface area contributed by atoms with Crippen LogP contribution in [0, 0.1) is 0 Å². The van der Waals surface area contributed by atoms with Crippen LogP contribution in [0.4, 0.5) is 0 Å². The summed E-state index contributed by atoms with van der Waals surface area (Å²) >= 11 is 0. The fraction of sp³-hybridized carbons (Fsp3) is 0.577. The molecule has 1 aliphatic heterocycles. The first-order valence-corrected chi connectivity index (χ1v) is 12.5. The molecule has 0 atom stereocenters. The Kier molecular flexibility index (Phi) is 9.34. The second kappa shape index (κ2) is 12.4. The predicted molar refractivity (Wildman–Crippen MR) is 135 cm³/mol. The fourth-order valence-electron chi connectivity index (χ4n) is 4.47. The van der Waals surface area contributed by atoms with E-state index in [-0.39, 0.29) is 11.9 Å². The molecule has 0 N–H and O–H groups in total. The number of amides is 1. The summed E-state index contributed by atoms with van der Waals surface area (Å²) in [5, 5.41) is 0. The zero-order chi connectivity index (χ0) is 23.6. The quantitative estimate of drug-likeness (QED) is 0.421. The van der Waals surface area contributed by atoms with E-state index in [0.29, 0.717) is 0 Å². The molecule has 1 saturated heterocycles. The average Bonchev–Trinajstić information content (AvgIpc) is 3.39. The Bertz CT molecular complexity index is 863. The molecule has 1 aromatic carbocycles. The molecule has 33 heavy (non-hydrogen) atoms. The fourth-order valence-corrected chi connectivity index (χ4v) is 4.47. The first kappa shape index (κ1) is 24.8. The molecular formula is C26H40N6O. The van der Waals surface area contributed by atoms with Crippen LogP contribution in [0.15, 0.2) is 48.0 Å². The Morgan fingerprint density at radius 1 is 1.06 bits per heavy atom. The molecule has 180 valence electrons. The first-order chi connectivity index (χ1) is 16.1. The highest BCUT2D eigenvalue weighted by Gasteiger charge is 2.28. The molecule has 7 nitrogen and oxygen atoms in total. The minimum Gasteiger partial charge on any atom is -0.343 e. The molecule has 1 aliphatic rings. The van der Waals surface area contributed by atoms with Gasteiger partial charge in [-0.25, -0.2) is 4.98 Å². The summed E-state index contributed by atoms with van der Waals surface area (Å²) in [6, 6.07) is 8.01. The van der Waals surface area contributed by atoms with E-state index in [0.717, 1.165) is 82.0 Å². The normalized spacial score (nSPS) is 15.0. The number of nitrogens with zero attached hydrogens (tertiary/aromatic N) is 6. The van der Waals surface area contributed by atoms with Gasteiger partial charge in [0.25, 0.3) is 5.91 Å². The third-order valence-electron chi connectivity index (χ3n) is 6.28. The maximum absolute atomic E-state index is 13.1. The van der Waals surface area contributed by atoms with E-state index < -0.39 is 0 Å². The van der Waals surface area contributed by atoms with Crippen LogP contribution in [0.5, 0.6) is 0 Å². The van der Waals surface area contributed by atoms with Crippen LogP contribution in [0.2, 0.25) is 0 Å². The highest BCUT2D eigenvalue weighted by atomic mass is 16.2. The van der Waals surface area contributed by atoms with Crippen molar-refractivity contribution >= 4 is 11.9 Å². The molecule has 1 fully saturated rings. The van der Waals surface area contributed by atoms with Gasteiger partial charge in [0.1, 0.15) is 0 Å². The number of hydrogen-bond donors (Lipinski definition) is 0. The Labute approximate surface area is 199 Å². The number of likely N-dealkylation sites (tertiary alicyclic amines) is 1. The number of hydrogen-bond acceptors (Lipinski definition) is 3. The molecule has 0 saturated carbocycles. The van der Waals surface area contributed by atoms with E-state index in [4.69, 9.17) is 4.99 Å². The van der Waals surface area contributed by atoms with Crippen molar-refractivity contribution in [2.75, 3.05) is 39.8 Å². The minimum absolute atomic E-state index is 0.0871. The Morgan fingerprint density at radius 3 is 2.27 bits per heavy atom. The lowest BCUT2D eigenvalue weighted by atomic mass is 10.0. The molecule has 0 aliphatic carbocycles. The Balaban J connectivity index is 1.62. The average molecular weight is 453 g/mol. The molecule has 2 heterocycles. The van der Waals surface area contributed by atoms with Gasteiger partial charge < -0.3 is 19.3 Å². The zero-order valence-corrected chi connectivity index (χ0v) is 20.8. The van der Waals surface area contributed by atoms with Crippen molar-refractivity contribution in [1.29, 1.82) is 0 Å². The van der Waals surface area contributed by atoms with Crippen molar-refractivity contribution in [3.63, 3.8) is 0 Å². The van der Waals surface area contributed by atoms with Gasteiger partial charge in [-0.2, -0.15) is 0 Å². The van der Waals surface area contributed by atoms with Crippen molar-refractivity contribution in [3.8, 4) is 5.69 Å². The Morgan fingerprint density at radius 2 is 1.73 bits per heavy atom. The summed E-state index contributed by atoms with van der Waals surface area (Å²) in [5.41, 5.74) is 1.73. The summed E-state index contributed by atoms with van der Waals surface area (Å²) in [6.07, 6.45) is 10.6. The van der Waals surface area contributed by atoms with Crippen LogP contribution in [0.1, 0.15) is 63.2 Å². The van der Waals surface area contributed by atoms with Crippen LogP contribution in [0.25, 0.3) is 5.69 Å². The molecule has 0 radical (unpaired) electrons. The molecular weight excluding hydrogens is 412 g/mol. The number of carbonyl (C=O) groups is 1. The molecule has 1 amide bonds. The van der Waals surface area contributed by atoms with Gasteiger partial charge >= 0.3 is 0 Å². The van der Waals surface area contributed by atoms with Gasteiger partial charge in [0.15, 0.2) is 5.96 Å². The number of piperidine rings is 1. The largest absolute Gasteiger partial charge is 0.343 e. The monoisotopic (exact) mass is 452 g/mol. The van der Waals surface area contributed by atoms with Gasteiger partial charge in [-0.1, -0.05) is 20.8 Å². The van der Waals surface area contributed by atoms with Crippen molar-refractivity contribution in [1.82, 2.24) is 24.3 Å². The van der Waals surface area contributed by atoms with Gasteiger partial charge in [-0.15, -0.1) is 0 Å². The first-order valence-electron chi connectivity index (χ1n) is 12.5. The summed E-state index contributed by atoms with van der Waals surface area (Å²) in [5.74, 6) is 1.24. The second-order valence-electron chi connectivity index (χ2n) is 8.82. The van der Waals surface area contributed by atoms with E-state index in [2.05, 4.69) is 35.6 Å². The number of aliphatic imine (C=N–C) groups is 1. The third kappa shape index (κ3) is 6.36. The number of aromatic nitrogens is 2. The van der Waals surface area contributed by atoms with Gasteiger partial charge in [-0.3, -0.25) is 9.79 Å². The highest BCUT2D eigenvalue weighted by molar-refractivity contribution is 5.94. The van der Waals surface area contributed by atoms with Crippen LogP contribution in [-0.2, 0) is 0 Å². The predicted octanol–water partition coefficient (Wildman–Crippen LogP) is 4.30. The van der Waals surface area contributed by atoms with Gasteiger partial charge in [0.2, 0.25) is 0 Å². The second-order valence-corrected chi connectivity index (χ2v) is 8.82. The molecule has 0 bridgehead atoms. The van der Waals surface area contributed by atoms with Crippen molar-refractivity contribution in [3.05, 3.63) is 48.5 Å². The zero-order valence-electron chi connectivity index (χ0n) is 20.8. The van der Waals surface area contributed by atoms with Crippen molar-refractivity contribution in [2.24, 2.45) is 4.99 Å². The van der Waals surface area contributed by atoms with E-state index in [1.165, 1.54) is 0 Å². The van der Waals surface area contributed by atoms with Crippen LogP contribution in [0.3, 0.4) is 0 Å². The number of guanidine groups is 1. The SMILES string of the molecule is CCC/N=C(\N(CCC)CCC)N1CCC(N(C)C(=O)c2ccc(-n3ccnc3)cc2)CC1. The molecule has 2 aromatic rings. The Hall–Kier alpha value is -2.83. The maximum Gasteiger partial charge on any atom is 0.253 e. The van der Waals surface area contributed by atoms with Crippen LogP contribution >= 0.6 is 0 Å². The highest BCUT2D eigenvalue weighted by Crippen LogP contribution is 2.20. The number of imidazole rings is 1. The van der Waals surface area contributed by atoms with Crippen molar-refractivity contribution in [2.45, 2.75) is 58.9 Å². The summed E-state index contributed by atoms with van der Waals surface area (Å²) in [6.45, 7) is 11.5. The van der Waals surface area contributed by atoms with Crippen LogP contribution in [-0.4, -0.2) is 81.9 Å². The third-order valence-corrected chi connectivity index (χ3v) is 6.28. The molecule has 7 heteroatoms. The van der Waals surface area contributed by atoms with Crippen LogP contribution < -0.4 is 0 Å². The molecule has 0 spiro atoms. The van der Waals surface area contributed by atoms with Gasteiger partial charge in [0.05, 0.1) is 6.33 Å². The van der Waals surface area contributed by atoms with E-state index in [1.54, 1.807) is 12.5 Å². The maximum atomic E-state index is 13.1. The number of rotatable bonds is 9. The number of carbonyl (C=O) groups excluding carboxylic acids is 1. The summed E-state index contributed by atoms with van der Waals surface area (Å²) in [4.78, 5) is 29.0. The lowest BCUT2D eigenvalue weighted by Gasteiger charge is -2.41.